The Labute approximate surface area is 195 Å². The number of ether oxygens (including phenoxy) is 1. The quantitative estimate of drug-likeness (QED) is 0.595. The molecule has 0 bridgehead atoms. The molecule has 9 heteroatoms. The third-order valence-electron chi connectivity index (χ3n) is 5.74. The fourth-order valence-electron chi connectivity index (χ4n) is 3.92. The molecule has 0 atom stereocenters. The van der Waals surface area contributed by atoms with E-state index in [0.29, 0.717) is 37.4 Å². The number of aromatic carboxylic acids is 1. The van der Waals surface area contributed by atoms with Gasteiger partial charge in [0.15, 0.2) is 5.69 Å². The van der Waals surface area contributed by atoms with E-state index in [4.69, 9.17) is 10.00 Å². The largest absolute Gasteiger partial charge is 0.476 e. The topological polar surface area (TPSA) is 116 Å². The summed E-state index contributed by atoms with van der Waals surface area (Å²) in [6.45, 7) is 0.902. The summed E-state index contributed by atoms with van der Waals surface area (Å²) in [4.78, 5) is 34.2. The Morgan fingerprint density at radius 2 is 1.97 bits per heavy atom. The molecule has 1 aliphatic heterocycles. The van der Waals surface area contributed by atoms with Crippen LogP contribution in [0.25, 0.3) is 0 Å². The van der Waals surface area contributed by atoms with E-state index in [2.05, 4.69) is 9.97 Å². The summed E-state index contributed by atoms with van der Waals surface area (Å²) in [6, 6.07) is 14.5. The van der Waals surface area contributed by atoms with Crippen molar-refractivity contribution in [2.24, 2.45) is 0 Å². The molecule has 1 N–H and O–H groups in total. The number of piperidine rings is 1. The van der Waals surface area contributed by atoms with Crippen molar-refractivity contribution >= 4 is 11.9 Å². The van der Waals surface area contributed by atoms with Gasteiger partial charge in [-0.3, -0.25) is 4.79 Å². The zero-order valence-corrected chi connectivity index (χ0v) is 18.1. The number of hydrogen-bond donors (Lipinski definition) is 1. The molecule has 2 aromatic heterocycles. The first-order valence-electron chi connectivity index (χ1n) is 10.7. The van der Waals surface area contributed by atoms with E-state index in [-0.39, 0.29) is 35.3 Å². The number of nitrogens with zero attached hydrogens (tertiary/aromatic N) is 4. The molecule has 172 valence electrons. The second-order valence-corrected chi connectivity index (χ2v) is 7.88. The lowest BCUT2D eigenvalue weighted by Gasteiger charge is -2.32. The summed E-state index contributed by atoms with van der Waals surface area (Å²) < 4.78 is 19.8. The minimum atomic E-state index is -1.24. The second kappa shape index (κ2) is 10.1. The van der Waals surface area contributed by atoms with Gasteiger partial charge in [-0.05, 0) is 43.2 Å². The molecule has 0 unspecified atom stereocenters. The van der Waals surface area contributed by atoms with Gasteiger partial charge in [0.2, 0.25) is 5.88 Å². The number of carboxylic acid groups (broad SMARTS) is 1. The third kappa shape index (κ3) is 5.02. The van der Waals surface area contributed by atoms with Gasteiger partial charge in [0.25, 0.3) is 5.91 Å². The molecule has 3 aromatic rings. The van der Waals surface area contributed by atoms with Crippen molar-refractivity contribution in [3.63, 3.8) is 0 Å². The Kier molecular flexibility index (Phi) is 6.78. The summed E-state index contributed by atoms with van der Waals surface area (Å²) >= 11 is 0. The van der Waals surface area contributed by atoms with E-state index in [9.17, 15) is 19.1 Å². The summed E-state index contributed by atoms with van der Waals surface area (Å²) in [5.74, 6) is -1.63. The number of amides is 1. The van der Waals surface area contributed by atoms with Crippen molar-refractivity contribution in [2.75, 3.05) is 13.1 Å². The van der Waals surface area contributed by atoms with Crippen LogP contribution in [0, 0.1) is 17.1 Å². The van der Waals surface area contributed by atoms with Crippen LogP contribution in [-0.2, 0) is 6.61 Å². The van der Waals surface area contributed by atoms with Crippen molar-refractivity contribution in [2.45, 2.75) is 25.4 Å². The molecule has 0 saturated carbocycles. The number of carbonyl (C=O) groups excluding carboxylic acids is 1. The van der Waals surface area contributed by atoms with Crippen LogP contribution in [-0.4, -0.2) is 44.9 Å². The first kappa shape index (κ1) is 22.9. The number of likely N-dealkylation sites (tertiary alicyclic amines) is 1. The van der Waals surface area contributed by atoms with E-state index in [1.807, 2.05) is 18.2 Å². The van der Waals surface area contributed by atoms with Crippen LogP contribution in [0.1, 0.15) is 56.4 Å². The first-order valence-corrected chi connectivity index (χ1v) is 10.7. The number of nitriles is 1. The molecule has 4 rings (SSSR count). The van der Waals surface area contributed by atoms with Gasteiger partial charge in [-0.25, -0.2) is 19.2 Å². The van der Waals surface area contributed by atoms with Crippen molar-refractivity contribution < 1.29 is 23.8 Å². The number of carbonyl (C=O) groups is 2. The third-order valence-corrected chi connectivity index (χ3v) is 5.74. The van der Waals surface area contributed by atoms with Gasteiger partial charge in [0.05, 0.1) is 17.2 Å². The van der Waals surface area contributed by atoms with Crippen LogP contribution in [0.2, 0.25) is 0 Å². The van der Waals surface area contributed by atoms with Crippen LogP contribution in [0.4, 0.5) is 4.39 Å². The lowest BCUT2D eigenvalue weighted by molar-refractivity contribution is 0.0656. The van der Waals surface area contributed by atoms with E-state index < -0.39 is 11.8 Å². The molecule has 1 aromatic carbocycles. The van der Waals surface area contributed by atoms with Crippen molar-refractivity contribution in [1.29, 1.82) is 5.26 Å². The molecule has 0 radical (unpaired) electrons. The number of aromatic nitrogens is 2. The molecular weight excluding hydrogens is 439 g/mol. The second-order valence-electron chi connectivity index (χ2n) is 7.88. The summed E-state index contributed by atoms with van der Waals surface area (Å²) in [6.07, 6.45) is 2.67. The van der Waals surface area contributed by atoms with Gasteiger partial charge in [-0.1, -0.05) is 12.1 Å². The summed E-state index contributed by atoms with van der Waals surface area (Å²) in [5, 5.41) is 18.1. The van der Waals surface area contributed by atoms with E-state index in [0.717, 1.165) is 5.69 Å². The minimum Gasteiger partial charge on any atom is -0.476 e. The van der Waals surface area contributed by atoms with Crippen LogP contribution in [0.15, 0.2) is 54.7 Å². The van der Waals surface area contributed by atoms with Gasteiger partial charge in [0.1, 0.15) is 12.4 Å². The number of hydrogen-bond acceptors (Lipinski definition) is 6. The van der Waals surface area contributed by atoms with E-state index in [1.165, 1.54) is 30.5 Å². The Balaban J connectivity index is 1.38. The van der Waals surface area contributed by atoms with E-state index >= 15 is 0 Å². The Morgan fingerprint density at radius 3 is 2.68 bits per heavy atom. The smallest absolute Gasteiger partial charge is 0.355 e. The fourth-order valence-corrected chi connectivity index (χ4v) is 3.92. The zero-order valence-electron chi connectivity index (χ0n) is 18.1. The number of pyridine rings is 2. The van der Waals surface area contributed by atoms with Gasteiger partial charge in [0, 0.05) is 42.5 Å². The molecule has 1 amide bonds. The maximum Gasteiger partial charge on any atom is 0.355 e. The summed E-state index contributed by atoms with van der Waals surface area (Å²) in [7, 11) is 0. The number of benzene rings is 1. The highest BCUT2D eigenvalue weighted by atomic mass is 19.1. The van der Waals surface area contributed by atoms with Crippen molar-refractivity contribution in [3.05, 3.63) is 88.6 Å². The lowest BCUT2D eigenvalue weighted by atomic mass is 9.92. The number of rotatable bonds is 6. The van der Waals surface area contributed by atoms with Crippen LogP contribution in [0.5, 0.6) is 5.88 Å². The van der Waals surface area contributed by atoms with Crippen molar-refractivity contribution in [3.8, 4) is 11.9 Å². The average molecular weight is 460 g/mol. The first-order chi connectivity index (χ1) is 16.5. The van der Waals surface area contributed by atoms with Crippen molar-refractivity contribution in [1.82, 2.24) is 14.9 Å². The molecule has 1 fully saturated rings. The normalized spacial score (nSPS) is 13.8. The van der Waals surface area contributed by atoms with Crippen LogP contribution >= 0.6 is 0 Å². The van der Waals surface area contributed by atoms with Crippen LogP contribution in [0.3, 0.4) is 0 Å². The highest BCUT2D eigenvalue weighted by Crippen LogP contribution is 2.29. The molecule has 1 saturated heterocycles. The molecule has 1 aliphatic rings. The Morgan fingerprint density at radius 1 is 1.18 bits per heavy atom. The van der Waals surface area contributed by atoms with Crippen LogP contribution < -0.4 is 4.74 Å². The van der Waals surface area contributed by atoms with Gasteiger partial charge < -0.3 is 14.7 Å². The summed E-state index contributed by atoms with van der Waals surface area (Å²) in [5.41, 5.74) is 1.22. The van der Waals surface area contributed by atoms with Gasteiger partial charge in [-0.15, -0.1) is 0 Å². The lowest BCUT2D eigenvalue weighted by Crippen LogP contribution is -2.38. The highest BCUT2D eigenvalue weighted by Gasteiger charge is 2.28. The maximum absolute atomic E-state index is 14.1. The molecule has 0 aliphatic carbocycles. The SMILES string of the molecule is N#Cc1ccc(COc2cccc(C3CCN(C(=O)c4cccnc4C(=O)O)CC3)n2)c(F)c1. The zero-order chi connectivity index (χ0) is 24.1. The Bertz CT molecular complexity index is 1270. The molecule has 34 heavy (non-hydrogen) atoms. The predicted octanol–water partition coefficient (Wildman–Crippen LogP) is 3.78. The standard InChI is InChI=1S/C25H21FN4O4/c26-20-13-16(14-27)6-7-18(20)15-34-22-5-1-4-21(29-22)17-8-11-30(12-9-17)24(31)19-3-2-10-28-23(19)25(32)33/h1-7,10,13,17H,8-9,11-12,15H2,(H,32,33). The fraction of sp³-hybridized carbons (Fsp3) is 0.240. The number of carboxylic acids is 1. The number of halogens is 1. The molecule has 0 spiro atoms. The molecular formula is C25H21FN4O4. The highest BCUT2D eigenvalue weighted by molar-refractivity contribution is 6.03. The minimum absolute atomic E-state index is 0.0159. The van der Waals surface area contributed by atoms with E-state index in [1.54, 1.807) is 17.0 Å². The predicted molar refractivity (Wildman–Crippen MR) is 119 cm³/mol. The Hall–Kier alpha value is -4.32. The average Bonchev–Trinajstić information content (AvgIpc) is 2.87. The maximum atomic E-state index is 14.1. The van der Waals surface area contributed by atoms with Gasteiger partial charge >= 0.3 is 5.97 Å². The molecule has 3 heterocycles. The monoisotopic (exact) mass is 460 g/mol. The van der Waals surface area contributed by atoms with Gasteiger partial charge in [-0.2, -0.15) is 5.26 Å². The molecule has 8 nitrogen and oxygen atoms in total.